The Morgan fingerprint density at radius 1 is 0.747 bits per heavy atom. The van der Waals surface area contributed by atoms with Gasteiger partial charge in [0.1, 0.15) is 48.6 Å². The van der Waals surface area contributed by atoms with Gasteiger partial charge in [0.25, 0.3) is 0 Å². The lowest BCUT2D eigenvalue weighted by molar-refractivity contribution is -0.386. The summed E-state index contributed by atoms with van der Waals surface area (Å²) in [4.78, 5) is 137. The molecule has 6 aliphatic rings. The monoisotopic (exact) mass is 1100 g/mol. The number of nitrogens with zero attached hydrogens (tertiary/aromatic N) is 2. The van der Waals surface area contributed by atoms with Crippen LogP contribution < -0.4 is 14.2 Å². The highest BCUT2D eigenvalue weighted by atomic mass is 16.7. The predicted molar refractivity (Wildman–Crippen MR) is 261 cm³/mol. The summed E-state index contributed by atoms with van der Waals surface area (Å²) in [5.74, 6) is -14.1. The molecule has 79 heavy (non-hydrogen) atoms. The number of benzene rings is 1. The molecule has 25 nitrogen and oxygen atoms in total. The van der Waals surface area contributed by atoms with Crippen LogP contribution in [-0.2, 0) is 82.7 Å². The molecule has 0 unspecified atom stereocenters. The number of hydrogen-bond acceptors (Lipinski definition) is 25. The lowest BCUT2D eigenvalue weighted by Crippen LogP contribution is -2.89. The van der Waals surface area contributed by atoms with E-state index in [1.165, 1.54) is 82.9 Å². The Hall–Kier alpha value is -8.19. The number of fused-ring (bicyclic) bond motifs is 11. The molecule has 1 N–H and O–H groups in total. The minimum Gasteiger partial charge on any atom is -0.493 e. The van der Waals surface area contributed by atoms with E-state index in [2.05, 4.69) is 9.97 Å². The van der Waals surface area contributed by atoms with Gasteiger partial charge in [0.15, 0.2) is 41.5 Å². The van der Waals surface area contributed by atoms with Crippen LogP contribution in [0.2, 0.25) is 0 Å². The van der Waals surface area contributed by atoms with Gasteiger partial charge in [0.05, 0.1) is 48.4 Å². The third-order valence-electron chi connectivity index (χ3n) is 14.7. The second-order valence-electron chi connectivity index (χ2n) is 20.4. The molecule has 4 aliphatic heterocycles. The molecule has 0 radical (unpaired) electrons. The summed E-state index contributed by atoms with van der Waals surface area (Å²) in [6, 6.07) is 6.60. The molecule has 8 bridgehead atoms. The zero-order valence-corrected chi connectivity index (χ0v) is 44.8. The fourth-order valence-corrected chi connectivity index (χ4v) is 11.4. The zero-order chi connectivity index (χ0) is 57.7. The van der Waals surface area contributed by atoms with Crippen LogP contribution in [0, 0.1) is 17.3 Å². The first-order chi connectivity index (χ1) is 37.2. The maximum atomic E-state index is 15.4. The van der Waals surface area contributed by atoms with Gasteiger partial charge in [-0.2, -0.15) is 0 Å². The van der Waals surface area contributed by atoms with Crippen molar-refractivity contribution in [2.24, 2.45) is 17.3 Å². The number of carbonyl (C=O) groups excluding carboxylic acids is 9. The van der Waals surface area contributed by atoms with Crippen molar-refractivity contribution in [3.8, 4) is 17.2 Å². The van der Waals surface area contributed by atoms with Crippen LogP contribution in [-0.4, -0.2) is 155 Å². The van der Waals surface area contributed by atoms with E-state index in [1.54, 1.807) is 0 Å². The molecule has 12 atom stereocenters. The van der Waals surface area contributed by atoms with E-state index in [0.29, 0.717) is 0 Å². The molecule has 1 aromatic carbocycles. The molecule has 2 aliphatic carbocycles. The molecule has 25 heteroatoms. The van der Waals surface area contributed by atoms with Crippen molar-refractivity contribution in [1.82, 2.24) is 9.97 Å². The van der Waals surface area contributed by atoms with Crippen LogP contribution in [0.1, 0.15) is 105 Å². The van der Waals surface area contributed by atoms with Gasteiger partial charge in [-0.15, -0.1) is 0 Å². The van der Waals surface area contributed by atoms with E-state index in [-0.39, 0.29) is 45.2 Å². The maximum Gasteiger partial charge on any atom is 0.350 e. The van der Waals surface area contributed by atoms with Crippen LogP contribution in [0.25, 0.3) is 6.08 Å². The molecular weight excluding hydrogens is 1040 g/mol. The van der Waals surface area contributed by atoms with Gasteiger partial charge in [0.2, 0.25) is 11.4 Å². The van der Waals surface area contributed by atoms with Crippen molar-refractivity contribution < 1.29 is 110 Å². The van der Waals surface area contributed by atoms with Gasteiger partial charge in [-0.05, 0) is 71.0 Å². The first kappa shape index (κ1) is 57.0. The zero-order valence-electron chi connectivity index (χ0n) is 44.8. The van der Waals surface area contributed by atoms with Crippen molar-refractivity contribution in [1.29, 1.82) is 0 Å². The van der Waals surface area contributed by atoms with E-state index in [9.17, 15) is 33.9 Å². The number of ether oxygens (including phenoxy) is 13. The molecular formula is C54H58N2O23. The fraction of sp³-hybridized carbons (Fsp3) is 0.500. The van der Waals surface area contributed by atoms with Crippen molar-refractivity contribution in [3.63, 3.8) is 0 Å². The van der Waals surface area contributed by atoms with Crippen LogP contribution in [0.3, 0.4) is 0 Å². The average Bonchev–Trinajstić information content (AvgIpc) is 1.90. The predicted octanol–water partition coefficient (Wildman–Crippen LogP) is 3.16. The number of esters is 9. The molecule has 3 fully saturated rings. The lowest BCUT2D eigenvalue weighted by atomic mass is 9.45. The van der Waals surface area contributed by atoms with Crippen molar-refractivity contribution in [2.75, 3.05) is 27.4 Å². The van der Waals surface area contributed by atoms with Crippen molar-refractivity contribution in [2.45, 2.75) is 128 Å². The number of pyridine rings is 2. The second kappa shape index (κ2) is 21.2. The highest BCUT2D eigenvalue weighted by Crippen LogP contribution is 2.70. The highest BCUT2D eigenvalue weighted by molar-refractivity contribution is 5.94. The van der Waals surface area contributed by atoms with Gasteiger partial charge >= 0.3 is 53.7 Å². The molecule has 2 saturated carbocycles. The first-order valence-corrected chi connectivity index (χ1v) is 24.7. The molecule has 2 spiro atoms. The molecule has 0 amide bonds. The summed E-state index contributed by atoms with van der Waals surface area (Å²) >= 11 is 0. The van der Waals surface area contributed by atoms with E-state index < -0.39 is 150 Å². The number of carbonyl (C=O) groups is 9. The number of aliphatic hydroxyl groups is 1. The number of methoxy groups -OCH3 is 2. The van der Waals surface area contributed by atoms with Gasteiger partial charge in [-0.25, -0.2) is 19.2 Å². The Morgan fingerprint density at radius 2 is 1.38 bits per heavy atom. The number of rotatable bonds is 8. The van der Waals surface area contributed by atoms with Gasteiger partial charge in [-0.1, -0.05) is 6.08 Å². The number of cyclic esters (lactones) is 1. The summed E-state index contributed by atoms with van der Waals surface area (Å²) in [7, 11) is 2.51. The second-order valence-corrected chi connectivity index (χ2v) is 20.4. The highest BCUT2D eigenvalue weighted by Gasteiger charge is 2.92. The third kappa shape index (κ3) is 9.82. The summed E-state index contributed by atoms with van der Waals surface area (Å²) in [5, 5.41) is 14.1. The molecule has 9 rings (SSSR count). The minimum absolute atomic E-state index is 0.00566. The summed E-state index contributed by atoms with van der Waals surface area (Å²) in [5.41, 5.74) is -14.5. The van der Waals surface area contributed by atoms with Gasteiger partial charge in [0, 0.05) is 51.8 Å². The number of aromatic nitrogens is 2. The Balaban J connectivity index is 1.57. The van der Waals surface area contributed by atoms with Crippen LogP contribution in [0.5, 0.6) is 17.2 Å². The lowest BCUT2D eigenvalue weighted by Gasteiger charge is -2.67. The standard InChI is InChI=1S/C54H58N2O23/c1-25-14-15-34-32(13-12-17-56-34)47(63)70-23-51(8)37-39-43(77-49(65)50(6,7)78-29(5)60)53(24-71-48(64)33-21-55-18-16-30(33)22-69-38-35(67-10)19-31(46(62)75-39)20-36(38)68-11)44(74-28(4)59)40(72-26(2)57)42(76-45(25)61)52(9,66)54(53,79-51)41(37)73-27(3)58/h12-21,25,37,39-44,66H,22-24H2,1-11H3/t25-,37-,39-,40+,41-,42+,43-,44+,51+,52+,53-,54+/m1/s1. The molecule has 2 aromatic heterocycles. The SMILES string of the molecule is COc1cc2cc(OC)c1OCc1ccncc1C(=O)OC[C@]13[C@H](OC(=O)C(C)(C)OC(C)=O)[C@H](OC2=O)[C@@H]2[C@@H](OC(C)=O)[C@@]14O[C@@]2(C)COC(=O)c1cccnc1C=C[C@@H](C)C(=O)O[C@@H]([C@H](OC(C)=O)[C@@H]3OC(C)=O)[C@]4(C)O. The van der Waals surface area contributed by atoms with E-state index >= 15 is 14.4 Å². The van der Waals surface area contributed by atoms with Gasteiger partial charge in [-0.3, -0.25) is 33.9 Å². The average molecular weight is 1100 g/mol. The van der Waals surface area contributed by atoms with Crippen molar-refractivity contribution in [3.05, 3.63) is 82.9 Å². The summed E-state index contributed by atoms with van der Waals surface area (Å²) < 4.78 is 80.6. The molecule has 1 saturated heterocycles. The van der Waals surface area contributed by atoms with Crippen molar-refractivity contribution >= 4 is 59.8 Å². The first-order valence-electron chi connectivity index (χ1n) is 24.7. The van der Waals surface area contributed by atoms with E-state index in [4.69, 9.17) is 61.6 Å². The molecule has 3 aromatic rings. The topological polar surface area (TPSA) is 320 Å². The van der Waals surface area contributed by atoms with E-state index in [0.717, 1.165) is 54.7 Å². The summed E-state index contributed by atoms with van der Waals surface area (Å²) in [6.45, 7) is 7.01. The maximum absolute atomic E-state index is 15.4. The Bertz CT molecular complexity index is 3020. The largest absolute Gasteiger partial charge is 0.493 e. The Morgan fingerprint density at radius 3 is 2.01 bits per heavy atom. The quantitative estimate of drug-likeness (QED) is 0.250. The van der Waals surface area contributed by atoms with Gasteiger partial charge < -0.3 is 66.7 Å². The minimum atomic E-state index is -3.09. The van der Waals surface area contributed by atoms with Crippen LogP contribution in [0.4, 0.5) is 0 Å². The normalized spacial score (nSPS) is 31.1. The van der Waals surface area contributed by atoms with Crippen LogP contribution >= 0.6 is 0 Å². The smallest absolute Gasteiger partial charge is 0.350 e. The fourth-order valence-electron chi connectivity index (χ4n) is 11.4. The third-order valence-corrected chi connectivity index (χ3v) is 14.7. The molecule has 6 heterocycles. The van der Waals surface area contributed by atoms with Crippen LogP contribution in [0.15, 0.2) is 55.0 Å². The summed E-state index contributed by atoms with van der Waals surface area (Å²) in [6.07, 6.45) is -7.41. The Kier molecular flexibility index (Phi) is 15.3. The number of hydrogen-bond donors (Lipinski definition) is 1. The Labute approximate surface area is 451 Å². The molecule has 422 valence electrons. The van der Waals surface area contributed by atoms with E-state index in [1.807, 2.05) is 0 Å².